The van der Waals surface area contributed by atoms with Gasteiger partial charge in [-0.3, -0.25) is 4.90 Å². The van der Waals surface area contributed by atoms with Crippen molar-refractivity contribution in [2.24, 2.45) is 0 Å². The largest absolute Gasteiger partial charge is 0.379 e. The third kappa shape index (κ3) is 7.94. The molecule has 5 rings (SSSR count). The molecule has 1 saturated heterocycles. The zero-order valence-electron chi connectivity index (χ0n) is 24.2. The second-order valence-corrected chi connectivity index (χ2v) is 13.5. The van der Waals surface area contributed by atoms with E-state index in [0.717, 1.165) is 68.6 Å². The minimum absolute atomic E-state index is 0.0678. The van der Waals surface area contributed by atoms with Gasteiger partial charge in [0.2, 0.25) is 15.0 Å². The molecule has 2 fully saturated rings. The minimum Gasteiger partial charge on any atom is -0.379 e. The number of rotatable bonds is 10. The van der Waals surface area contributed by atoms with Gasteiger partial charge in [-0.1, -0.05) is 49.1 Å². The lowest BCUT2D eigenvalue weighted by Gasteiger charge is -2.32. The predicted molar refractivity (Wildman–Crippen MR) is 167 cm³/mol. The number of benzene rings is 2. The highest BCUT2D eigenvalue weighted by atomic mass is 32.2. The SMILES string of the molecule is Cc1cccc(CS(=O)(=O)c2ncc(CN(CCN3CCOCC3)C(=S)Nc3ccc(F)cc3)n2C2CCCCC2)c1. The predicted octanol–water partition coefficient (Wildman–Crippen LogP) is 5.34. The molecule has 1 aromatic heterocycles. The van der Waals surface area contributed by atoms with Crippen molar-refractivity contribution in [2.45, 2.75) is 62.5 Å². The van der Waals surface area contributed by atoms with Crippen molar-refractivity contribution in [1.82, 2.24) is 19.4 Å². The molecule has 226 valence electrons. The van der Waals surface area contributed by atoms with Crippen molar-refractivity contribution in [3.05, 3.63) is 77.4 Å². The Kier molecular flexibility index (Phi) is 10.3. The van der Waals surface area contributed by atoms with Crippen LogP contribution in [0.1, 0.15) is 55.0 Å². The van der Waals surface area contributed by atoms with Crippen LogP contribution in [0.5, 0.6) is 0 Å². The van der Waals surface area contributed by atoms with Crippen LogP contribution in [0.3, 0.4) is 0 Å². The first-order chi connectivity index (χ1) is 20.3. The number of nitrogens with zero attached hydrogens (tertiary/aromatic N) is 4. The maximum Gasteiger partial charge on any atom is 0.228 e. The molecule has 1 saturated carbocycles. The molecule has 1 aliphatic carbocycles. The van der Waals surface area contributed by atoms with E-state index >= 15 is 0 Å². The van der Waals surface area contributed by atoms with Gasteiger partial charge in [-0.25, -0.2) is 17.8 Å². The summed E-state index contributed by atoms with van der Waals surface area (Å²) in [6.07, 6.45) is 6.82. The fraction of sp³-hybridized carbons (Fsp3) is 0.484. The quantitative estimate of drug-likeness (QED) is 0.307. The summed E-state index contributed by atoms with van der Waals surface area (Å²) < 4.78 is 48.7. The van der Waals surface area contributed by atoms with E-state index < -0.39 is 9.84 Å². The Morgan fingerprint density at radius 3 is 2.57 bits per heavy atom. The molecule has 2 aromatic carbocycles. The van der Waals surface area contributed by atoms with Gasteiger partial charge in [-0.15, -0.1) is 0 Å². The van der Waals surface area contributed by atoms with Crippen LogP contribution in [0.15, 0.2) is 59.9 Å². The third-order valence-corrected chi connectivity index (χ3v) is 9.95. The van der Waals surface area contributed by atoms with E-state index in [9.17, 15) is 12.8 Å². The standard InChI is InChI=1S/C31H40FN5O3S2/c1-24-6-5-7-25(20-24)23-42(38,39)31-33-21-29(37(31)28-8-3-2-4-9-28)22-36(15-14-35-16-18-40-19-17-35)30(41)34-27-12-10-26(32)11-13-27/h5-7,10-13,20-21,28H,2-4,8-9,14-19,22-23H2,1H3,(H,34,41). The molecular formula is C31H40FN5O3S2. The number of thiocarbonyl (C=S) groups is 1. The second kappa shape index (κ2) is 14.1. The summed E-state index contributed by atoms with van der Waals surface area (Å²) in [6, 6.07) is 13.8. The smallest absolute Gasteiger partial charge is 0.228 e. The first-order valence-electron chi connectivity index (χ1n) is 14.7. The molecule has 0 atom stereocenters. The number of hydrogen-bond acceptors (Lipinski definition) is 6. The summed E-state index contributed by atoms with van der Waals surface area (Å²) in [4.78, 5) is 8.95. The Bertz CT molecular complexity index is 1450. The van der Waals surface area contributed by atoms with Crippen molar-refractivity contribution >= 4 is 32.9 Å². The van der Waals surface area contributed by atoms with Crippen LogP contribution in [-0.4, -0.2) is 72.3 Å². The number of morpholine rings is 1. The van der Waals surface area contributed by atoms with Crippen LogP contribution in [-0.2, 0) is 26.9 Å². The van der Waals surface area contributed by atoms with Crippen molar-refractivity contribution in [1.29, 1.82) is 0 Å². The average Bonchev–Trinajstić information content (AvgIpc) is 3.42. The number of nitrogens with one attached hydrogen (secondary N) is 1. The number of sulfone groups is 1. The fourth-order valence-corrected chi connectivity index (χ4v) is 7.61. The lowest BCUT2D eigenvalue weighted by Crippen LogP contribution is -2.44. The van der Waals surface area contributed by atoms with E-state index in [0.29, 0.717) is 37.1 Å². The number of aryl methyl sites for hydroxylation is 1. The average molecular weight is 614 g/mol. The number of halogens is 1. The monoisotopic (exact) mass is 613 g/mol. The molecule has 0 unspecified atom stereocenters. The number of aromatic nitrogens is 2. The van der Waals surface area contributed by atoms with Gasteiger partial charge in [-0.2, -0.15) is 0 Å². The summed E-state index contributed by atoms with van der Waals surface area (Å²) in [7, 11) is -3.70. The number of ether oxygens (including phenoxy) is 1. The second-order valence-electron chi connectivity index (χ2n) is 11.3. The summed E-state index contributed by atoms with van der Waals surface area (Å²) in [5, 5.41) is 3.88. The fourth-order valence-electron chi connectivity index (χ4n) is 5.81. The van der Waals surface area contributed by atoms with E-state index in [-0.39, 0.29) is 22.8 Å². The van der Waals surface area contributed by atoms with Crippen LogP contribution in [0, 0.1) is 12.7 Å². The molecule has 2 aliphatic rings. The molecular weight excluding hydrogens is 574 g/mol. The van der Waals surface area contributed by atoms with Gasteiger partial charge < -0.3 is 19.5 Å². The Morgan fingerprint density at radius 2 is 1.86 bits per heavy atom. The molecule has 2 heterocycles. The lowest BCUT2D eigenvalue weighted by atomic mass is 9.95. The van der Waals surface area contributed by atoms with Gasteiger partial charge in [0, 0.05) is 37.9 Å². The van der Waals surface area contributed by atoms with Crippen LogP contribution in [0.2, 0.25) is 0 Å². The molecule has 0 bridgehead atoms. The molecule has 42 heavy (non-hydrogen) atoms. The molecule has 1 N–H and O–H groups in total. The Balaban J connectivity index is 1.43. The van der Waals surface area contributed by atoms with Crippen molar-refractivity contribution in [2.75, 3.05) is 44.7 Å². The number of anilines is 1. The van der Waals surface area contributed by atoms with E-state index in [1.54, 1.807) is 18.3 Å². The Morgan fingerprint density at radius 1 is 1.12 bits per heavy atom. The van der Waals surface area contributed by atoms with Gasteiger partial charge in [0.15, 0.2) is 5.11 Å². The van der Waals surface area contributed by atoms with Gasteiger partial charge >= 0.3 is 0 Å². The Hall–Kier alpha value is -2.86. The first kappa shape index (κ1) is 30.6. The van der Waals surface area contributed by atoms with Crippen molar-refractivity contribution in [3.8, 4) is 0 Å². The molecule has 8 nitrogen and oxygen atoms in total. The van der Waals surface area contributed by atoms with Crippen LogP contribution in [0.4, 0.5) is 10.1 Å². The van der Waals surface area contributed by atoms with Gasteiger partial charge in [-0.05, 0) is 61.8 Å². The van der Waals surface area contributed by atoms with Gasteiger partial charge in [0.1, 0.15) is 5.82 Å². The normalized spacial score (nSPS) is 16.8. The minimum atomic E-state index is -3.70. The number of hydrogen-bond donors (Lipinski definition) is 1. The van der Waals surface area contributed by atoms with E-state index in [4.69, 9.17) is 17.0 Å². The molecule has 3 aromatic rings. The highest BCUT2D eigenvalue weighted by Crippen LogP contribution is 2.33. The summed E-state index contributed by atoms with van der Waals surface area (Å²) in [5.74, 6) is -0.408. The zero-order chi connectivity index (χ0) is 29.5. The lowest BCUT2D eigenvalue weighted by molar-refractivity contribution is 0.0357. The molecule has 11 heteroatoms. The molecule has 0 radical (unpaired) electrons. The van der Waals surface area contributed by atoms with Crippen LogP contribution >= 0.6 is 12.2 Å². The maximum absolute atomic E-state index is 13.8. The van der Waals surface area contributed by atoms with Crippen molar-refractivity contribution in [3.63, 3.8) is 0 Å². The highest BCUT2D eigenvalue weighted by Gasteiger charge is 2.30. The summed E-state index contributed by atoms with van der Waals surface area (Å²) in [5.41, 5.74) is 3.30. The van der Waals surface area contributed by atoms with E-state index in [1.807, 2.05) is 35.8 Å². The molecule has 0 amide bonds. The third-order valence-electron chi connectivity index (χ3n) is 8.02. The zero-order valence-corrected chi connectivity index (χ0v) is 25.8. The molecule has 0 spiro atoms. The highest BCUT2D eigenvalue weighted by molar-refractivity contribution is 7.90. The number of imidazole rings is 1. The van der Waals surface area contributed by atoms with Gasteiger partial charge in [0.05, 0.1) is 37.4 Å². The molecule has 1 aliphatic heterocycles. The summed E-state index contributed by atoms with van der Waals surface area (Å²) in [6.45, 7) is 6.90. The van der Waals surface area contributed by atoms with Crippen LogP contribution < -0.4 is 5.32 Å². The van der Waals surface area contributed by atoms with Crippen molar-refractivity contribution < 1.29 is 17.5 Å². The van der Waals surface area contributed by atoms with E-state index in [1.165, 1.54) is 12.1 Å². The topological polar surface area (TPSA) is 79.7 Å². The van der Waals surface area contributed by atoms with Gasteiger partial charge in [0.25, 0.3) is 0 Å². The first-order valence-corrected chi connectivity index (χ1v) is 16.8. The Labute approximate surface area is 253 Å². The summed E-state index contributed by atoms with van der Waals surface area (Å²) >= 11 is 5.87. The maximum atomic E-state index is 13.8. The van der Waals surface area contributed by atoms with E-state index in [2.05, 4.69) is 20.1 Å². The van der Waals surface area contributed by atoms with Crippen LogP contribution in [0.25, 0.3) is 0 Å².